The molecule has 0 amide bonds. The summed E-state index contributed by atoms with van der Waals surface area (Å²) in [6, 6.07) is 6.33. The van der Waals surface area contributed by atoms with Crippen LogP contribution in [0.2, 0.25) is 0 Å². The molecule has 0 aliphatic heterocycles. The zero-order chi connectivity index (χ0) is 14.1. The molecule has 6 heteroatoms. The van der Waals surface area contributed by atoms with E-state index in [-0.39, 0.29) is 5.69 Å². The first-order chi connectivity index (χ1) is 9.19. The van der Waals surface area contributed by atoms with E-state index in [1.807, 2.05) is 0 Å². The number of oxime groups is 1. The Hall–Kier alpha value is -1.95. The molecule has 1 rings (SSSR count). The average Bonchev–Trinajstić information content (AvgIpc) is 2.43. The molecule has 0 aliphatic carbocycles. The summed E-state index contributed by atoms with van der Waals surface area (Å²) in [6.45, 7) is 2.86. The number of nitro groups is 1. The fourth-order valence-corrected chi connectivity index (χ4v) is 1.54. The van der Waals surface area contributed by atoms with Gasteiger partial charge in [0.25, 0.3) is 5.69 Å². The Morgan fingerprint density at radius 1 is 1.42 bits per heavy atom. The molecule has 0 unspecified atom stereocenters. The fraction of sp³-hybridized carbons (Fsp3) is 0.462. The minimum absolute atomic E-state index is 0.0708. The predicted molar refractivity (Wildman–Crippen MR) is 74.2 cm³/mol. The van der Waals surface area contributed by atoms with Crippen molar-refractivity contribution in [1.29, 1.82) is 0 Å². The molecule has 19 heavy (non-hydrogen) atoms. The van der Waals surface area contributed by atoms with Gasteiger partial charge in [-0.15, -0.1) is 0 Å². The third kappa shape index (κ3) is 5.05. The zero-order valence-corrected chi connectivity index (χ0v) is 11.0. The van der Waals surface area contributed by atoms with E-state index in [4.69, 9.17) is 10.6 Å². The van der Waals surface area contributed by atoms with Crippen molar-refractivity contribution in [2.75, 3.05) is 13.2 Å². The lowest BCUT2D eigenvalue weighted by atomic mass is 10.0. The van der Waals surface area contributed by atoms with Crippen molar-refractivity contribution in [2.24, 2.45) is 10.9 Å². The van der Waals surface area contributed by atoms with Crippen LogP contribution in [0, 0.1) is 10.1 Å². The Balaban J connectivity index is 2.83. The topological polar surface area (TPSA) is 90.8 Å². The SMILES string of the molecule is CCCCC(=NOCCN)c1ccc([N+](=O)[O-])cc1. The van der Waals surface area contributed by atoms with Crippen LogP contribution in [0.5, 0.6) is 0 Å². The number of hydrogen-bond donors (Lipinski definition) is 1. The van der Waals surface area contributed by atoms with Crippen molar-refractivity contribution in [3.63, 3.8) is 0 Å². The number of nitro benzene ring substituents is 1. The van der Waals surface area contributed by atoms with Gasteiger partial charge in [0.2, 0.25) is 0 Å². The maximum absolute atomic E-state index is 10.6. The molecule has 0 fully saturated rings. The normalized spacial score (nSPS) is 11.4. The van der Waals surface area contributed by atoms with Crippen molar-refractivity contribution < 1.29 is 9.76 Å². The van der Waals surface area contributed by atoms with Gasteiger partial charge in [0.1, 0.15) is 6.61 Å². The van der Waals surface area contributed by atoms with E-state index in [1.54, 1.807) is 12.1 Å². The van der Waals surface area contributed by atoms with Crippen molar-refractivity contribution in [2.45, 2.75) is 26.2 Å². The molecule has 2 N–H and O–H groups in total. The molecule has 1 aromatic carbocycles. The van der Waals surface area contributed by atoms with Crippen molar-refractivity contribution in [1.82, 2.24) is 0 Å². The number of non-ortho nitro benzene ring substituents is 1. The van der Waals surface area contributed by atoms with Crippen LogP contribution in [0.1, 0.15) is 31.7 Å². The number of nitrogens with zero attached hydrogens (tertiary/aromatic N) is 2. The van der Waals surface area contributed by atoms with E-state index >= 15 is 0 Å². The van der Waals surface area contributed by atoms with Gasteiger partial charge in [0, 0.05) is 18.7 Å². The number of benzene rings is 1. The van der Waals surface area contributed by atoms with Gasteiger partial charge in [-0.2, -0.15) is 0 Å². The minimum atomic E-state index is -0.419. The molecule has 0 saturated carbocycles. The second-order valence-corrected chi connectivity index (χ2v) is 4.07. The van der Waals surface area contributed by atoms with E-state index < -0.39 is 4.92 Å². The summed E-state index contributed by atoms with van der Waals surface area (Å²) in [5.41, 5.74) is 7.05. The molecule has 0 atom stereocenters. The third-order valence-corrected chi connectivity index (χ3v) is 2.56. The van der Waals surface area contributed by atoms with E-state index in [0.29, 0.717) is 13.2 Å². The monoisotopic (exact) mass is 265 g/mol. The highest BCUT2D eigenvalue weighted by atomic mass is 16.6. The smallest absolute Gasteiger partial charge is 0.269 e. The van der Waals surface area contributed by atoms with Crippen LogP contribution < -0.4 is 5.73 Å². The summed E-state index contributed by atoms with van der Waals surface area (Å²) in [7, 11) is 0. The predicted octanol–water partition coefficient (Wildman–Crippen LogP) is 2.46. The first-order valence-electron chi connectivity index (χ1n) is 6.32. The Kier molecular flexibility index (Phi) is 6.52. The standard InChI is InChI=1S/C13H19N3O3/c1-2-3-4-13(15-19-10-9-14)11-5-7-12(8-6-11)16(17)18/h5-8H,2-4,9-10,14H2,1H3. The van der Waals surface area contributed by atoms with Gasteiger partial charge in [0.15, 0.2) is 0 Å². The lowest BCUT2D eigenvalue weighted by molar-refractivity contribution is -0.384. The van der Waals surface area contributed by atoms with Crippen LogP contribution in [0.3, 0.4) is 0 Å². The summed E-state index contributed by atoms with van der Waals surface area (Å²) in [4.78, 5) is 15.3. The lowest BCUT2D eigenvalue weighted by Gasteiger charge is -2.06. The second-order valence-electron chi connectivity index (χ2n) is 4.07. The van der Waals surface area contributed by atoms with Gasteiger partial charge in [-0.25, -0.2) is 0 Å². The number of unbranched alkanes of at least 4 members (excludes halogenated alkanes) is 1. The summed E-state index contributed by atoms with van der Waals surface area (Å²) < 4.78 is 0. The Bertz CT molecular complexity index is 429. The van der Waals surface area contributed by atoms with Gasteiger partial charge in [0.05, 0.1) is 10.6 Å². The third-order valence-electron chi connectivity index (χ3n) is 2.56. The average molecular weight is 265 g/mol. The highest BCUT2D eigenvalue weighted by Crippen LogP contribution is 2.15. The van der Waals surface area contributed by atoms with E-state index in [1.165, 1.54) is 12.1 Å². The largest absolute Gasteiger partial charge is 0.394 e. The van der Waals surface area contributed by atoms with Crippen molar-refractivity contribution >= 4 is 11.4 Å². The van der Waals surface area contributed by atoms with Gasteiger partial charge >= 0.3 is 0 Å². The van der Waals surface area contributed by atoms with Crippen molar-refractivity contribution in [3.8, 4) is 0 Å². The zero-order valence-electron chi connectivity index (χ0n) is 11.0. The Morgan fingerprint density at radius 3 is 2.63 bits per heavy atom. The van der Waals surface area contributed by atoms with Crippen LogP contribution in [-0.4, -0.2) is 23.8 Å². The number of rotatable bonds is 8. The van der Waals surface area contributed by atoms with E-state index in [9.17, 15) is 10.1 Å². The summed E-state index contributed by atoms with van der Waals surface area (Å²) in [6.07, 6.45) is 2.81. The number of hydrogen-bond acceptors (Lipinski definition) is 5. The molecule has 0 aliphatic rings. The maximum Gasteiger partial charge on any atom is 0.269 e. The molecule has 0 saturated heterocycles. The maximum atomic E-state index is 10.6. The molecule has 0 radical (unpaired) electrons. The fourth-order valence-electron chi connectivity index (χ4n) is 1.54. The second kappa shape index (κ2) is 8.20. The van der Waals surface area contributed by atoms with Crippen LogP contribution >= 0.6 is 0 Å². The van der Waals surface area contributed by atoms with Crippen LogP contribution in [0.4, 0.5) is 5.69 Å². The molecule has 0 aromatic heterocycles. The van der Waals surface area contributed by atoms with E-state index in [0.717, 1.165) is 30.5 Å². The van der Waals surface area contributed by atoms with Gasteiger partial charge in [-0.1, -0.05) is 18.5 Å². The molecule has 6 nitrogen and oxygen atoms in total. The molecule has 0 bridgehead atoms. The summed E-state index contributed by atoms with van der Waals surface area (Å²) in [5.74, 6) is 0. The Labute approximate surface area is 112 Å². The van der Waals surface area contributed by atoms with E-state index in [2.05, 4.69) is 12.1 Å². The van der Waals surface area contributed by atoms with Crippen LogP contribution in [0.15, 0.2) is 29.4 Å². The molecular formula is C13H19N3O3. The lowest BCUT2D eigenvalue weighted by Crippen LogP contribution is -2.08. The van der Waals surface area contributed by atoms with Crippen LogP contribution in [0.25, 0.3) is 0 Å². The molecule has 0 heterocycles. The van der Waals surface area contributed by atoms with Gasteiger partial charge < -0.3 is 10.6 Å². The van der Waals surface area contributed by atoms with Crippen LogP contribution in [-0.2, 0) is 4.84 Å². The Morgan fingerprint density at radius 2 is 2.11 bits per heavy atom. The number of nitrogens with two attached hydrogens (primary N) is 1. The molecule has 1 aromatic rings. The molecule has 0 spiro atoms. The molecule has 104 valence electrons. The highest BCUT2D eigenvalue weighted by molar-refractivity contribution is 6.00. The quantitative estimate of drug-likeness (QED) is 0.338. The van der Waals surface area contributed by atoms with Crippen molar-refractivity contribution in [3.05, 3.63) is 39.9 Å². The first kappa shape index (κ1) is 15.1. The highest BCUT2D eigenvalue weighted by Gasteiger charge is 2.08. The summed E-state index contributed by atoms with van der Waals surface area (Å²) >= 11 is 0. The minimum Gasteiger partial charge on any atom is -0.394 e. The van der Waals surface area contributed by atoms with Gasteiger partial charge in [-0.3, -0.25) is 10.1 Å². The van der Waals surface area contributed by atoms with Gasteiger partial charge in [-0.05, 0) is 30.5 Å². The summed E-state index contributed by atoms with van der Waals surface area (Å²) in [5, 5.41) is 14.7. The molecular weight excluding hydrogens is 246 g/mol. The first-order valence-corrected chi connectivity index (χ1v) is 6.32.